The molecule has 0 aromatic carbocycles. The van der Waals surface area contributed by atoms with Gasteiger partial charge in [0, 0.05) is 11.0 Å². The second-order valence-electron chi connectivity index (χ2n) is 3.27. The summed E-state index contributed by atoms with van der Waals surface area (Å²) in [5.41, 5.74) is 0. The van der Waals surface area contributed by atoms with E-state index in [1.54, 1.807) is 0 Å². The van der Waals surface area contributed by atoms with Crippen molar-refractivity contribution in [1.82, 2.24) is 4.90 Å². The number of nitrogens with zero attached hydrogens (tertiary/aromatic N) is 2. The van der Waals surface area contributed by atoms with Crippen molar-refractivity contribution in [2.24, 2.45) is 0 Å². The van der Waals surface area contributed by atoms with Gasteiger partial charge in [0.25, 0.3) is 0 Å². The molecule has 0 aromatic heterocycles. The number of aliphatic hydroxyl groups is 1. The first kappa shape index (κ1) is 9.41. The van der Waals surface area contributed by atoms with Gasteiger partial charge in [-0.2, -0.15) is 0 Å². The summed E-state index contributed by atoms with van der Waals surface area (Å²) in [7, 11) is 1.89. The van der Waals surface area contributed by atoms with E-state index in [1.807, 2.05) is 11.9 Å². The second kappa shape index (κ2) is 3.82. The lowest BCUT2D eigenvalue weighted by atomic mass is 10.1. The molecule has 0 aliphatic carbocycles. The maximum atomic E-state index is 10.1. The number of hydrogen-bond acceptors (Lipinski definition) is 4. The van der Waals surface area contributed by atoms with Crippen LogP contribution in [0.2, 0.25) is 0 Å². The molecule has 0 aromatic rings. The minimum atomic E-state index is -0.813. The molecule has 2 unspecified atom stereocenters. The molecule has 1 aliphatic rings. The van der Waals surface area contributed by atoms with Crippen LogP contribution in [-0.2, 0) is 0 Å². The van der Waals surface area contributed by atoms with Crippen molar-refractivity contribution in [3.05, 3.63) is 10.1 Å². The van der Waals surface area contributed by atoms with Gasteiger partial charge in [-0.25, -0.2) is 0 Å². The highest BCUT2D eigenvalue weighted by Gasteiger charge is 2.30. The molecular weight excluding hydrogens is 160 g/mol. The zero-order valence-electron chi connectivity index (χ0n) is 7.14. The van der Waals surface area contributed by atoms with E-state index in [4.69, 9.17) is 0 Å². The van der Waals surface area contributed by atoms with Crippen LogP contribution in [0, 0.1) is 10.1 Å². The molecule has 1 N–H and O–H groups in total. The average Bonchev–Trinajstić information content (AvgIpc) is 2.33. The first-order valence-electron chi connectivity index (χ1n) is 4.11. The largest absolute Gasteiger partial charge is 0.385 e. The molecule has 12 heavy (non-hydrogen) atoms. The summed E-state index contributed by atoms with van der Waals surface area (Å²) in [4.78, 5) is 11.6. The van der Waals surface area contributed by atoms with E-state index in [2.05, 4.69) is 0 Å². The maximum absolute atomic E-state index is 10.1. The topological polar surface area (TPSA) is 66.6 Å². The number of likely N-dealkylation sites (N-methyl/N-ethyl adjacent to an activating group) is 1. The minimum Gasteiger partial charge on any atom is -0.385 e. The molecule has 1 rings (SSSR count). The lowest BCUT2D eigenvalue weighted by Crippen LogP contribution is -2.40. The molecule has 70 valence electrons. The van der Waals surface area contributed by atoms with Gasteiger partial charge in [-0.05, 0) is 26.4 Å². The summed E-state index contributed by atoms with van der Waals surface area (Å²) in [5, 5.41) is 19.5. The Bertz CT molecular complexity index is 174. The number of likely N-dealkylation sites (tertiary alicyclic amines) is 1. The summed E-state index contributed by atoms with van der Waals surface area (Å²) < 4.78 is 0. The van der Waals surface area contributed by atoms with Crippen LogP contribution in [0.4, 0.5) is 0 Å². The van der Waals surface area contributed by atoms with E-state index >= 15 is 0 Å². The summed E-state index contributed by atoms with van der Waals surface area (Å²) in [6.45, 7) is 0.592. The highest BCUT2D eigenvalue weighted by Crippen LogP contribution is 2.17. The Labute approximate surface area is 71.1 Å². The molecule has 0 amide bonds. The zero-order chi connectivity index (χ0) is 9.14. The molecule has 0 saturated carbocycles. The van der Waals surface area contributed by atoms with Gasteiger partial charge in [0.1, 0.15) is 6.10 Å². The van der Waals surface area contributed by atoms with Crippen molar-refractivity contribution in [3.63, 3.8) is 0 Å². The van der Waals surface area contributed by atoms with Gasteiger partial charge in [-0.15, -0.1) is 0 Å². The van der Waals surface area contributed by atoms with Crippen LogP contribution in [0.25, 0.3) is 0 Å². The predicted octanol–water partition coefficient (Wildman–Crippen LogP) is -0.282. The molecule has 2 atom stereocenters. The molecule has 0 spiro atoms. The van der Waals surface area contributed by atoms with Crippen molar-refractivity contribution >= 4 is 0 Å². The predicted molar refractivity (Wildman–Crippen MR) is 43.5 cm³/mol. The van der Waals surface area contributed by atoms with Gasteiger partial charge in [-0.1, -0.05) is 0 Å². The maximum Gasteiger partial charge on any atom is 0.230 e. The lowest BCUT2D eigenvalue weighted by molar-refractivity contribution is -0.491. The van der Waals surface area contributed by atoms with Gasteiger partial charge >= 0.3 is 0 Å². The first-order valence-corrected chi connectivity index (χ1v) is 4.11. The van der Waals surface area contributed by atoms with Crippen LogP contribution in [-0.4, -0.2) is 47.2 Å². The van der Waals surface area contributed by atoms with E-state index in [0.29, 0.717) is 0 Å². The molecule has 5 heteroatoms. The van der Waals surface area contributed by atoms with Crippen LogP contribution >= 0.6 is 0 Å². The Hall–Kier alpha value is -0.680. The quantitative estimate of drug-likeness (QED) is 0.472. The van der Waals surface area contributed by atoms with Crippen LogP contribution in [0.3, 0.4) is 0 Å². The summed E-state index contributed by atoms with van der Waals surface area (Å²) in [6.07, 6.45) is 1.08. The Kier molecular flexibility index (Phi) is 2.99. The highest BCUT2D eigenvalue weighted by atomic mass is 16.6. The third-order valence-electron chi connectivity index (χ3n) is 2.36. The molecular formula is C7H14N2O3. The van der Waals surface area contributed by atoms with E-state index in [9.17, 15) is 15.2 Å². The average molecular weight is 174 g/mol. The van der Waals surface area contributed by atoms with Crippen LogP contribution < -0.4 is 0 Å². The standard InChI is InChI=1S/C7H14N2O3/c1-8-4-2-3-6(8)7(10)5-9(11)12/h6-7,10H,2-5H2,1H3. The minimum absolute atomic E-state index is 0.0181. The van der Waals surface area contributed by atoms with Crippen LogP contribution in [0.1, 0.15) is 12.8 Å². The third-order valence-corrected chi connectivity index (χ3v) is 2.36. The van der Waals surface area contributed by atoms with E-state index < -0.39 is 11.0 Å². The van der Waals surface area contributed by atoms with Crippen molar-refractivity contribution in [3.8, 4) is 0 Å². The molecule has 0 radical (unpaired) electrons. The molecule has 1 fully saturated rings. The van der Waals surface area contributed by atoms with Gasteiger partial charge < -0.3 is 10.0 Å². The van der Waals surface area contributed by atoms with Gasteiger partial charge in [0.15, 0.2) is 0 Å². The first-order chi connectivity index (χ1) is 5.61. The van der Waals surface area contributed by atoms with Crippen molar-refractivity contribution in [2.75, 3.05) is 20.1 Å². The lowest BCUT2D eigenvalue weighted by Gasteiger charge is -2.21. The number of hydrogen-bond donors (Lipinski definition) is 1. The fourth-order valence-corrected chi connectivity index (χ4v) is 1.70. The summed E-state index contributed by atoms with van der Waals surface area (Å²) >= 11 is 0. The Morgan fingerprint density at radius 3 is 2.92 bits per heavy atom. The Morgan fingerprint density at radius 1 is 1.83 bits per heavy atom. The number of aliphatic hydroxyl groups excluding tert-OH is 1. The number of nitro groups is 1. The van der Waals surface area contributed by atoms with Crippen molar-refractivity contribution in [1.29, 1.82) is 0 Å². The Morgan fingerprint density at radius 2 is 2.50 bits per heavy atom. The fourth-order valence-electron chi connectivity index (χ4n) is 1.70. The molecule has 1 saturated heterocycles. The number of rotatable bonds is 3. The molecule has 5 nitrogen and oxygen atoms in total. The molecule has 1 aliphatic heterocycles. The fraction of sp³-hybridized carbons (Fsp3) is 1.00. The van der Waals surface area contributed by atoms with Crippen molar-refractivity contribution in [2.45, 2.75) is 25.0 Å². The highest BCUT2D eigenvalue weighted by molar-refractivity contribution is 4.82. The van der Waals surface area contributed by atoms with Crippen molar-refractivity contribution < 1.29 is 10.0 Å². The van der Waals surface area contributed by atoms with Crippen LogP contribution in [0.5, 0.6) is 0 Å². The monoisotopic (exact) mass is 174 g/mol. The van der Waals surface area contributed by atoms with E-state index in [-0.39, 0.29) is 12.6 Å². The normalized spacial score (nSPS) is 27.3. The summed E-state index contributed by atoms with van der Waals surface area (Å²) in [5.74, 6) is 0. The van der Waals surface area contributed by atoms with E-state index in [1.165, 1.54) is 0 Å². The second-order valence-corrected chi connectivity index (χ2v) is 3.27. The van der Waals surface area contributed by atoms with E-state index in [0.717, 1.165) is 19.4 Å². The molecule has 1 heterocycles. The SMILES string of the molecule is CN1CCCC1C(O)C[N+](=O)[O-]. The van der Waals surface area contributed by atoms with Gasteiger partial charge in [0.05, 0.1) is 0 Å². The summed E-state index contributed by atoms with van der Waals surface area (Å²) in [6, 6.07) is -0.0181. The Balaban J connectivity index is 2.40. The smallest absolute Gasteiger partial charge is 0.230 e. The van der Waals surface area contributed by atoms with Gasteiger partial charge in [-0.3, -0.25) is 10.1 Å². The molecule has 0 bridgehead atoms. The third kappa shape index (κ3) is 2.15. The van der Waals surface area contributed by atoms with Crippen LogP contribution in [0.15, 0.2) is 0 Å². The van der Waals surface area contributed by atoms with Gasteiger partial charge in [0.2, 0.25) is 6.54 Å². The zero-order valence-corrected chi connectivity index (χ0v) is 7.14.